The number of carbonyl (C=O) groups excluding carboxylic acids is 1. The molecule has 6 nitrogen and oxygen atoms in total. The highest BCUT2D eigenvalue weighted by atomic mass is 32.2. The summed E-state index contributed by atoms with van der Waals surface area (Å²) in [5.74, 6) is 0.236. The van der Waals surface area contributed by atoms with Crippen molar-refractivity contribution >= 4 is 72.6 Å². The predicted molar refractivity (Wildman–Crippen MR) is 128 cm³/mol. The number of hydrazone groups is 1. The number of thiophene rings is 2. The van der Waals surface area contributed by atoms with Crippen molar-refractivity contribution in [1.29, 1.82) is 0 Å². The molecule has 154 valence electrons. The van der Waals surface area contributed by atoms with Crippen molar-refractivity contribution < 1.29 is 4.79 Å². The monoisotopic (exact) mass is 481 g/mol. The van der Waals surface area contributed by atoms with Crippen LogP contribution in [0.1, 0.15) is 22.2 Å². The van der Waals surface area contributed by atoms with E-state index < -0.39 is 0 Å². The molecule has 1 unspecified atom stereocenters. The molecule has 1 amide bonds. The number of para-hydroxylation sites is 1. The number of fused-ring (bicyclic) bond motifs is 3. The number of nitrogens with zero attached hydrogens (tertiary/aromatic N) is 5. The number of amides is 1. The number of thiazole rings is 1. The third-order valence-corrected chi connectivity index (χ3v) is 8.90. The zero-order chi connectivity index (χ0) is 20.8. The van der Waals surface area contributed by atoms with E-state index in [-0.39, 0.29) is 17.7 Å². The molecule has 5 aromatic rings. The molecule has 0 saturated carbocycles. The normalized spacial score (nSPS) is 16.5. The molecular formula is C21H15N5OS4. The third-order valence-electron chi connectivity index (χ3n) is 5.08. The summed E-state index contributed by atoms with van der Waals surface area (Å²) in [6.07, 6.45) is 0.738. The van der Waals surface area contributed by atoms with Gasteiger partial charge in [-0.05, 0) is 35.0 Å². The van der Waals surface area contributed by atoms with Crippen LogP contribution in [0.5, 0.6) is 0 Å². The molecule has 1 aliphatic heterocycles. The number of aromatic nitrogens is 3. The summed E-state index contributed by atoms with van der Waals surface area (Å²) in [5.41, 5.74) is 2.04. The van der Waals surface area contributed by atoms with E-state index in [4.69, 9.17) is 5.10 Å². The average molecular weight is 482 g/mol. The molecule has 1 aromatic carbocycles. The van der Waals surface area contributed by atoms with Gasteiger partial charge >= 0.3 is 0 Å². The van der Waals surface area contributed by atoms with Crippen LogP contribution in [0.15, 0.2) is 69.5 Å². The maximum absolute atomic E-state index is 13.3. The lowest BCUT2D eigenvalue weighted by Crippen LogP contribution is -2.28. The number of hydrogen-bond acceptors (Lipinski definition) is 8. The van der Waals surface area contributed by atoms with Crippen LogP contribution in [0.2, 0.25) is 0 Å². The van der Waals surface area contributed by atoms with Gasteiger partial charge < -0.3 is 0 Å². The molecule has 0 fully saturated rings. The molecule has 6 rings (SSSR count). The minimum Gasteiger partial charge on any atom is -0.272 e. The van der Waals surface area contributed by atoms with Crippen molar-refractivity contribution in [3.8, 4) is 0 Å². The van der Waals surface area contributed by atoms with Crippen molar-refractivity contribution in [2.45, 2.75) is 17.6 Å². The Morgan fingerprint density at radius 1 is 1.06 bits per heavy atom. The molecule has 0 N–H and O–H groups in total. The highest BCUT2D eigenvalue weighted by Gasteiger charge is 2.34. The second-order valence-corrected chi connectivity index (χ2v) is 10.8. The van der Waals surface area contributed by atoms with E-state index in [1.54, 1.807) is 39.0 Å². The highest BCUT2D eigenvalue weighted by molar-refractivity contribution is 7.99. The van der Waals surface area contributed by atoms with Gasteiger partial charge in [-0.1, -0.05) is 47.4 Å². The number of thioether (sulfide) groups is 1. The van der Waals surface area contributed by atoms with Crippen molar-refractivity contribution in [3.05, 3.63) is 69.0 Å². The first kappa shape index (κ1) is 19.2. The molecule has 10 heteroatoms. The summed E-state index contributed by atoms with van der Waals surface area (Å²) < 4.78 is 3.18. The number of hydrogen-bond donors (Lipinski definition) is 0. The average Bonchev–Trinajstić information content (AvgIpc) is 3.58. The van der Waals surface area contributed by atoms with E-state index in [2.05, 4.69) is 34.5 Å². The fourth-order valence-corrected chi connectivity index (χ4v) is 7.03. The largest absolute Gasteiger partial charge is 0.272 e. The van der Waals surface area contributed by atoms with Crippen molar-refractivity contribution in [2.75, 3.05) is 5.75 Å². The third kappa shape index (κ3) is 3.39. The van der Waals surface area contributed by atoms with Gasteiger partial charge in [0.05, 0.1) is 32.6 Å². The minimum atomic E-state index is -0.0504. The Kier molecular flexibility index (Phi) is 4.87. The summed E-state index contributed by atoms with van der Waals surface area (Å²) in [5, 5.41) is 19.8. The van der Waals surface area contributed by atoms with Gasteiger partial charge in [0, 0.05) is 11.3 Å². The topological polar surface area (TPSA) is 62.9 Å². The predicted octanol–water partition coefficient (Wildman–Crippen LogP) is 5.54. The van der Waals surface area contributed by atoms with E-state index in [1.165, 1.54) is 11.8 Å². The van der Waals surface area contributed by atoms with Crippen LogP contribution in [0.4, 0.5) is 0 Å². The van der Waals surface area contributed by atoms with Gasteiger partial charge in [-0.25, -0.2) is 5.01 Å². The Morgan fingerprint density at radius 2 is 1.94 bits per heavy atom. The van der Waals surface area contributed by atoms with E-state index in [0.717, 1.165) is 42.2 Å². The molecule has 1 atom stereocenters. The lowest BCUT2D eigenvalue weighted by Gasteiger charge is -2.20. The minimum absolute atomic E-state index is 0.0220. The Labute approximate surface area is 193 Å². The molecule has 0 bridgehead atoms. The Bertz CT molecular complexity index is 1400. The zero-order valence-electron chi connectivity index (χ0n) is 16.0. The fourth-order valence-electron chi connectivity index (χ4n) is 3.68. The van der Waals surface area contributed by atoms with Gasteiger partial charge in [0.1, 0.15) is 0 Å². The number of benzene rings is 1. The Morgan fingerprint density at radius 3 is 2.77 bits per heavy atom. The molecule has 5 heterocycles. The number of carbonyl (C=O) groups is 1. The lowest BCUT2D eigenvalue weighted by molar-refractivity contribution is -0.130. The van der Waals surface area contributed by atoms with Gasteiger partial charge in [-0.2, -0.15) is 5.10 Å². The van der Waals surface area contributed by atoms with Crippen LogP contribution in [-0.2, 0) is 4.79 Å². The standard InChI is InChI=1S/C21H15N5OS4/c27-19(12-30-20-22-23-21-25(20)14-5-1-2-6-18(14)31-21)26-15(17-8-4-10-29-17)11-13(24-26)16-7-3-9-28-16/h1-10,15H,11-12H2. The first-order valence-corrected chi connectivity index (χ1v) is 13.2. The van der Waals surface area contributed by atoms with Crippen LogP contribution in [0.25, 0.3) is 15.2 Å². The second kappa shape index (κ2) is 7.86. The summed E-state index contributed by atoms with van der Waals surface area (Å²) in [4.78, 5) is 16.4. The van der Waals surface area contributed by atoms with Crippen LogP contribution in [-0.4, -0.2) is 37.0 Å². The van der Waals surface area contributed by atoms with Gasteiger partial charge in [-0.15, -0.1) is 32.9 Å². The van der Waals surface area contributed by atoms with Gasteiger partial charge in [0.2, 0.25) is 4.96 Å². The molecule has 31 heavy (non-hydrogen) atoms. The maximum Gasteiger partial charge on any atom is 0.253 e. The van der Waals surface area contributed by atoms with E-state index in [0.29, 0.717) is 0 Å². The van der Waals surface area contributed by atoms with Crippen molar-refractivity contribution in [1.82, 2.24) is 19.6 Å². The second-order valence-electron chi connectivity index (χ2n) is 6.96. The molecule has 0 radical (unpaired) electrons. The van der Waals surface area contributed by atoms with Crippen LogP contribution >= 0.6 is 45.8 Å². The van der Waals surface area contributed by atoms with Crippen molar-refractivity contribution in [3.63, 3.8) is 0 Å². The quantitative estimate of drug-likeness (QED) is 0.309. The first-order valence-electron chi connectivity index (χ1n) is 9.60. The Balaban J connectivity index is 1.27. The first-order chi connectivity index (χ1) is 15.3. The zero-order valence-corrected chi connectivity index (χ0v) is 19.3. The lowest BCUT2D eigenvalue weighted by atomic mass is 10.1. The van der Waals surface area contributed by atoms with E-state index in [1.807, 2.05) is 39.4 Å². The maximum atomic E-state index is 13.3. The molecule has 0 saturated heterocycles. The fraction of sp³-hybridized carbons (Fsp3) is 0.143. The Hall–Kier alpha value is -2.53. The molecule has 4 aromatic heterocycles. The number of rotatable bonds is 5. The van der Waals surface area contributed by atoms with E-state index >= 15 is 0 Å². The van der Waals surface area contributed by atoms with E-state index in [9.17, 15) is 4.79 Å². The smallest absolute Gasteiger partial charge is 0.253 e. The highest BCUT2D eigenvalue weighted by Crippen LogP contribution is 2.37. The summed E-state index contributed by atoms with van der Waals surface area (Å²) >= 11 is 6.33. The summed E-state index contributed by atoms with van der Waals surface area (Å²) in [6, 6.07) is 16.3. The molecular weight excluding hydrogens is 467 g/mol. The molecule has 1 aliphatic rings. The van der Waals surface area contributed by atoms with Crippen LogP contribution in [0, 0.1) is 0 Å². The SMILES string of the molecule is O=C(CSc1nnc2sc3ccccc3n12)N1N=C(c2cccs2)CC1c1cccs1. The molecule has 0 spiro atoms. The van der Waals surface area contributed by atoms with Crippen LogP contribution in [0.3, 0.4) is 0 Å². The van der Waals surface area contributed by atoms with Gasteiger partial charge in [0.15, 0.2) is 5.16 Å². The summed E-state index contributed by atoms with van der Waals surface area (Å²) in [7, 11) is 0. The molecule has 0 aliphatic carbocycles. The van der Waals surface area contributed by atoms with Gasteiger partial charge in [0.25, 0.3) is 5.91 Å². The van der Waals surface area contributed by atoms with Crippen molar-refractivity contribution in [2.24, 2.45) is 5.10 Å². The van der Waals surface area contributed by atoms with Gasteiger partial charge in [-0.3, -0.25) is 9.20 Å². The summed E-state index contributed by atoms with van der Waals surface area (Å²) in [6.45, 7) is 0. The van der Waals surface area contributed by atoms with Crippen LogP contribution < -0.4 is 0 Å².